The van der Waals surface area contributed by atoms with Crippen LogP contribution in [0.3, 0.4) is 0 Å². The van der Waals surface area contributed by atoms with Gasteiger partial charge in [0.2, 0.25) is 0 Å². The van der Waals surface area contributed by atoms with Gasteiger partial charge < -0.3 is 5.73 Å². The Balaban J connectivity index is 2.28. The van der Waals surface area contributed by atoms with Gasteiger partial charge in [-0.05, 0) is 43.0 Å². The molecular weight excluding hydrogens is 265 g/mol. The van der Waals surface area contributed by atoms with Crippen LogP contribution in [0, 0.1) is 12.7 Å². The van der Waals surface area contributed by atoms with Gasteiger partial charge in [-0.1, -0.05) is 12.1 Å². The van der Waals surface area contributed by atoms with E-state index in [1.807, 2.05) is 13.0 Å². The lowest BCUT2D eigenvalue weighted by molar-refractivity contribution is 0.600. The first-order chi connectivity index (χ1) is 8.59. The van der Waals surface area contributed by atoms with Crippen LogP contribution in [0.1, 0.15) is 22.6 Å². The van der Waals surface area contributed by atoms with E-state index in [4.69, 9.17) is 5.73 Å². The van der Waals surface area contributed by atoms with Crippen molar-refractivity contribution < 1.29 is 4.39 Å². The van der Waals surface area contributed by atoms with Crippen molar-refractivity contribution in [2.75, 3.05) is 0 Å². The number of thioether (sulfide) groups is 1. The second kappa shape index (κ2) is 5.87. The molecule has 0 fully saturated rings. The Kier molecular flexibility index (Phi) is 4.43. The van der Waals surface area contributed by atoms with Gasteiger partial charge in [0.25, 0.3) is 0 Å². The minimum Gasteiger partial charge on any atom is -0.327 e. The molecule has 0 radical (unpaired) electrons. The molecule has 2 rings (SSSR count). The van der Waals surface area contributed by atoms with Crippen LogP contribution >= 0.6 is 23.1 Å². The molecule has 2 aromatic rings. The SMILES string of the molecule is Cc1ccsc1C(Sc1ccccc1F)C(C)N. The standard InChI is InChI=1S/C14H16FNS2/c1-9-7-8-17-13(9)14(10(2)16)18-12-6-4-3-5-11(12)15/h3-8,10,14H,16H2,1-2H3. The number of nitrogens with two attached hydrogens (primary N) is 1. The normalized spacial score (nSPS) is 14.4. The Morgan fingerprint density at radius 1 is 1.28 bits per heavy atom. The molecule has 0 aliphatic rings. The summed E-state index contributed by atoms with van der Waals surface area (Å²) < 4.78 is 13.7. The van der Waals surface area contributed by atoms with Gasteiger partial charge in [-0.25, -0.2) is 4.39 Å². The molecule has 4 heteroatoms. The van der Waals surface area contributed by atoms with Crippen molar-refractivity contribution in [2.24, 2.45) is 5.73 Å². The van der Waals surface area contributed by atoms with E-state index in [1.165, 1.54) is 28.3 Å². The van der Waals surface area contributed by atoms with Crippen molar-refractivity contribution >= 4 is 23.1 Å². The number of halogens is 1. The zero-order valence-electron chi connectivity index (χ0n) is 10.4. The minimum atomic E-state index is -0.178. The monoisotopic (exact) mass is 281 g/mol. The summed E-state index contributed by atoms with van der Waals surface area (Å²) in [6, 6.07) is 8.91. The van der Waals surface area contributed by atoms with E-state index in [9.17, 15) is 4.39 Å². The molecule has 96 valence electrons. The molecule has 0 saturated heterocycles. The second-order valence-corrected chi connectivity index (χ2v) is 6.43. The average molecular weight is 281 g/mol. The van der Waals surface area contributed by atoms with Crippen LogP contribution in [0.5, 0.6) is 0 Å². The predicted octanol–water partition coefficient (Wildman–Crippen LogP) is 4.38. The maximum atomic E-state index is 13.7. The number of aryl methyl sites for hydroxylation is 1. The highest BCUT2D eigenvalue weighted by Gasteiger charge is 2.21. The van der Waals surface area contributed by atoms with Crippen LogP contribution in [0.4, 0.5) is 4.39 Å². The number of thiophene rings is 1. The first-order valence-corrected chi connectivity index (χ1v) is 7.56. The van der Waals surface area contributed by atoms with Gasteiger partial charge in [-0.15, -0.1) is 23.1 Å². The summed E-state index contributed by atoms with van der Waals surface area (Å²) >= 11 is 3.19. The lowest BCUT2D eigenvalue weighted by Gasteiger charge is -2.20. The summed E-state index contributed by atoms with van der Waals surface area (Å²) in [7, 11) is 0. The average Bonchev–Trinajstić information content (AvgIpc) is 2.74. The van der Waals surface area contributed by atoms with Gasteiger partial charge in [0.15, 0.2) is 0 Å². The number of hydrogen-bond acceptors (Lipinski definition) is 3. The molecule has 2 N–H and O–H groups in total. The summed E-state index contributed by atoms with van der Waals surface area (Å²) in [4.78, 5) is 1.89. The molecule has 1 heterocycles. The van der Waals surface area contributed by atoms with Crippen LogP contribution in [0.25, 0.3) is 0 Å². The molecule has 0 aliphatic heterocycles. The van der Waals surface area contributed by atoms with Crippen LogP contribution in [0.15, 0.2) is 40.6 Å². The lowest BCUT2D eigenvalue weighted by atomic mass is 10.1. The van der Waals surface area contributed by atoms with E-state index in [2.05, 4.69) is 18.4 Å². The van der Waals surface area contributed by atoms with Gasteiger partial charge in [0.05, 0.1) is 5.25 Å². The molecule has 1 aromatic heterocycles. The predicted molar refractivity (Wildman–Crippen MR) is 77.7 cm³/mol. The van der Waals surface area contributed by atoms with Gasteiger partial charge >= 0.3 is 0 Å². The van der Waals surface area contributed by atoms with E-state index in [1.54, 1.807) is 23.5 Å². The first-order valence-electron chi connectivity index (χ1n) is 5.80. The molecule has 18 heavy (non-hydrogen) atoms. The molecule has 0 bridgehead atoms. The van der Waals surface area contributed by atoms with Crippen molar-refractivity contribution in [3.63, 3.8) is 0 Å². The molecule has 0 spiro atoms. The highest BCUT2D eigenvalue weighted by molar-refractivity contribution is 7.99. The van der Waals surface area contributed by atoms with Gasteiger partial charge in [0.1, 0.15) is 5.82 Å². The highest BCUT2D eigenvalue weighted by atomic mass is 32.2. The van der Waals surface area contributed by atoms with Gasteiger partial charge in [-0.3, -0.25) is 0 Å². The van der Waals surface area contributed by atoms with Crippen LogP contribution < -0.4 is 5.73 Å². The minimum absolute atomic E-state index is 0.0213. The molecule has 0 amide bonds. The summed E-state index contributed by atoms with van der Waals surface area (Å²) in [5.74, 6) is -0.178. The van der Waals surface area contributed by atoms with E-state index in [-0.39, 0.29) is 17.1 Å². The maximum absolute atomic E-state index is 13.7. The molecule has 2 atom stereocenters. The maximum Gasteiger partial charge on any atom is 0.136 e. The molecular formula is C14H16FNS2. The van der Waals surface area contributed by atoms with E-state index >= 15 is 0 Å². The van der Waals surface area contributed by atoms with E-state index < -0.39 is 0 Å². The van der Waals surface area contributed by atoms with Crippen LogP contribution in [-0.2, 0) is 0 Å². The Morgan fingerprint density at radius 3 is 2.56 bits per heavy atom. The van der Waals surface area contributed by atoms with Gasteiger partial charge in [-0.2, -0.15) is 0 Å². The number of rotatable bonds is 4. The van der Waals surface area contributed by atoms with Crippen LogP contribution in [-0.4, -0.2) is 6.04 Å². The van der Waals surface area contributed by atoms with Gasteiger partial charge in [0, 0.05) is 15.8 Å². The third-order valence-corrected chi connectivity index (χ3v) is 5.48. The van der Waals surface area contributed by atoms with Crippen molar-refractivity contribution in [3.8, 4) is 0 Å². The largest absolute Gasteiger partial charge is 0.327 e. The number of benzene rings is 1. The van der Waals surface area contributed by atoms with E-state index in [0.717, 1.165) is 0 Å². The topological polar surface area (TPSA) is 26.0 Å². The van der Waals surface area contributed by atoms with Crippen molar-refractivity contribution in [1.29, 1.82) is 0 Å². The fourth-order valence-corrected chi connectivity index (χ4v) is 4.20. The van der Waals surface area contributed by atoms with Crippen molar-refractivity contribution in [2.45, 2.75) is 30.0 Å². The van der Waals surface area contributed by atoms with Crippen molar-refractivity contribution in [1.82, 2.24) is 0 Å². The van der Waals surface area contributed by atoms with Crippen molar-refractivity contribution in [3.05, 3.63) is 52.0 Å². The number of hydrogen-bond donors (Lipinski definition) is 1. The second-order valence-electron chi connectivity index (χ2n) is 4.30. The zero-order chi connectivity index (χ0) is 13.1. The Labute approximate surface area is 115 Å². The molecule has 0 saturated carbocycles. The molecule has 2 unspecified atom stereocenters. The summed E-state index contributed by atoms with van der Waals surface area (Å²) in [5.41, 5.74) is 7.29. The third kappa shape index (κ3) is 2.94. The Morgan fingerprint density at radius 2 is 2.00 bits per heavy atom. The fourth-order valence-electron chi connectivity index (χ4n) is 1.75. The quantitative estimate of drug-likeness (QED) is 0.842. The fraction of sp³-hybridized carbons (Fsp3) is 0.286. The third-order valence-electron chi connectivity index (χ3n) is 2.73. The highest BCUT2D eigenvalue weighted by Crippen LogP contribution is 2.41. The molecule has 1 nitrogen and oxygen atoms in total. The molecule has 1 aromatic carbocycles. The Hall–Kier alpha value is -0.840. The summed E-state index contributed by atoms with van der Waals surface area (Å²) in [6.45, 7) is 4.04. The van der Waals surface area contributed by atoms with E-state index in [0.29, 0.717) is 4.90 Å². The molecule has 0 aliphatic carbocycles. The lowest BCUT2D eigenvalue weighted by Crippen LogP contribution is -2.22. The first kappa shape index (κ1) is 13.6. The smallest absolute Gasteiger partial charge is 0.136 e. The summed E-state index contributed by atoms with van der Waals surface area (Å²) in [5, 5.41) is 2.16. The summed E-state index contributed by atoms with van der Waals surface area (Å²) in [6.07, 6.45) is 0. The van der Waals surface area contributed by atoms with Crippen LogP contribution in [0.2, 0.25) is 0 Å². The Bertz CT molecular complexity index is 522. The zero-order valence-corrected chi connectivity index (χ0v) is 12.0.